The number of carbonyl (C=O) groups excluding carboxylic acids is 1. The minimum absolute atomic E-state index is 0.186. The van der Waals surface area contributed by atoms with Crippen molar-refractivity contribution in [2.24, 2.45) is 0 Å². The molecule has 0 saturated carbocycles. The maximum absolute atomic E-state index is 11.9. The fourth-order valence-electron chi connectivity index (χ4n) is 1.81. The SMILES string of the molecule is O=C(O)Cc1ccccc1NC(=O)Cn1cccnc1=O. The van der Waals surface area contributed by atoms with Crippen LogP contribution in [0.5, 0.6) is 0 Å². The number of nitrogens with zero attached hydrogens (tertiary/aromatic N) is 2. The zero-order valence-corrected chi connectivity index (χ0v) is 11.0. The highest BCUT2D eigenvalue weighted by Gasteiger charge is 2.10. The van der Waals surface area contributed by atoms with Gasteiger partial charge in [0.1, 0.15) is 6.54 Å². The van der Waals surface area contributed by atoms with Crippen LogP contribution in [0.4, 0.5) is 5.69 Å². The smallest absolute Gasteiger partial charge is 0.347 e. The topological polar surface area (TPSA) is 101 Å². The van der Waals surface area contributed by atoms with Gasteiger partial charge in [-0.15, -0.1) is 0 Å². The molecule has 0 fully saturated rings. The van der Waals surface area contributed by atoms with Crippen LogP contribution in [-0.2, 0) is 22.6 Å². The minimum Gasteiger partial charge on any atom is -0.481 e. The second-order valence-electron chi connectivity index (χ2n) is 4.31. The van der Waals surface area contributed by atoms with E-state index in [1.165, 1.54) is 12.4 Å². The Labute approximate surface area is 119 Å². The molecule has 108 valence electrons. The Bertz CT molecular complexity index is 724. The van der Waals surface area contributed by atoms with Crippen LogP contribution >= 0.6 is 0 Å². The molecule has 1 heterocycles. The molecule has 0 aliphatic rings. The van der Waals surface area contributed by atoms with E-state index in [1.807, 2.05) is 0 Å². The van der Waals surface area contributed by atoms with E-state index in [4.69, 9.17) is 5.11 Å². The Morgan fingerprint density at radius 2 is 2.00 bits per heavy atom. The third-order valence-electron chi connectivity index (χ3n) is 2.73. The number of para-hydroxylation sites is 1. The van der Waals surface area contributed by atoms with Crippen molar-refractivity contribution in [3.63, 3.8) is 0 Å². The highest BCUT2D eigenvalue weighted by Crippen LogP contribution is 2.15. The number of carbonyl (C=O) groups is 2. The van der Waals surface area contributed by atoms with Gasteiger partial charge >= 0.3 is 11.7 Å². The van der Waals surface area contributed by atoms with Gasteiger partial charge in [-0.05, 0) is 17.7 Å². The third kappa shape index (κ3) is 4.00. The molecule has 0 bridgehead atoms. The van der Waals surface area contributed by atoms with E-state index in [0.29, 0.717) is 11.3 Å². The summed E-state index contributed by atoms with van der Waals surface area (Å²) < 4.78 is 1.16. The van der Waals surface area contributed by atoms with Crippen molar-refractivity contribution in [1.29, 1.82) is 0 Å². The molecule has 0 aliphatic heterocycles. The van der Waals surface area contributed by atoms with Crippen LogP contribution in [0.25, 0.3) is 0 Å². The van der Waals surface area contributed by atoms with Crippen molar-refractivity contribution in [2.75, 3.05) is 5.32 Å². The molecule has 0 aliphatic carbocycles. The van der Waals surface area contributed by atoms with Gasteiger partial charge in [0.25, 0.3) is 0 Å². The number of amides is 1. The lowest BCUT2D eigenvalue weighted by molar-refractivity contribution is -0.136. The van der Waals surface area contributed by atoms with E-state index in [0.717, 1.165) is 4.57 Å². The van der Waals surface area contributed by atoms with Gasteiger partial charge in [-0.1, -0.05) is 18.2 Å². The van der Waals surface area contributed by atoms with Crippen LogP contribution in [0.2, 0.25) is 0 Å². The number of nitrogens with one attached hydrogen (secondary N) is 1. The predicted octanol–water partition coefficient (Wildman–Crippen LogP) is 0.509. The zero-order valence-electron chi connectivity index (χ0n) is 11.0. The summed E-state index contributed by atoms with van der Waals surface area (Å²) in [4.78, 5) is 37.7. The van der Waals surface area contributed by atoms with Gasteiger partial charge in [-0.3, -0.25) is 14.2 Å². The van der Waals surface area contributed by atoms with Gasteiger partial charge in [-0.2, -0.15) is 0 Å². The van der Waals surface area contributed by atoms with Crippen molar-refractivity contribution < 1.29 is 14.7 Å². The molecule has 7 nitrogen and oxygen atoms in total. The number of carboxylic acid groups (broad SMARTS) is 1. The molecule has 7 heteroatoms. The summed E-state index contributed by atoms with van der Waals surface area (Å²) in [5.74, 6) is -1.41. The van der Waals surface area contributed by atoms with Gasteiger partial charge in [0.05, 0.1) is 6.42 Å². The quantitative estimate of drug-likeness (QED) is 0.834. The maximum atomic E-state index is 11.9. The molecule has 0 unspecified atom stereocenters. The molecule has 2 N–H and O–H groups in total. The molecule has 21 heavy (non-hydrogen) atoms. The Morgan fingerprint density at radius 1 is 1.24 bits per heavy atom. The van der Waals surface area contributed by atoms with Crippen LogP contribution in [0, 0.1) is 0 Å². The monoisotopic (exact) mass is 287 g/mol. The van der Waals surface area contributed by atoms with Crippen LogP contribution in [-0.4, -0.2) is 26.5 Å². The Kier molecular flexibility index (Phi) is 4.45. The standard InChI is InChI=1S/C14H13N3O4/c18-12(9-17-7-3-6-15-14(17)21)16-11-5-2-1-4-10(11)8-13(19)20/h1-7H,8-9H2,(H,16,18)(H,19,20). The van der Waals surface area contributed by atoms with E-state index in [1.54, 1.807) is 30.3 Å². The second kappa shape index (κ2) is 6.47. The molecule has 1 aromatic carbocycles. The van der Waals surface area contributed by atoms with E-state index >= 15 is 0 Å². The summed E-state index contributed by atoms with van der Waals surface area (Å²) in [6.45, 7) is -0.186. The first-order valence-corrected chi connectivity index (χ1v) is 6.17. The average molecular weight is 287 g/mol. The van der Waals surface area contributed by atoms with E-state index < -0.39 is 17.6 Å². The molecule has 0 radical (unpaired) electrons. The van der Waals surface area contributed by atoms with E-state index in [-0.39, 0.29) is 13.0 Å². The lowest BCUT2D eigenvalue weighted by Gasteiger charge is -2.10. The number of benzene rings is 1. The maximum Gasteiger partial charge on any atom is 0.347 e. The number of hydrogen-bond acceptors (Lipinski definition) is 4. The van der Waals surface area contributed by atoms with Crippen molar-refractivity contribution in [2.45, 2.75) is 13.0 Å². The van der Waals surface area contributed by atoms with E-state index in [9.17, 15) is 14.4 Å². The number of aliphatic carboxylic acids is 1. The highest BCUT2D eigenvalue weighted by molar-refractivity contribution is 5.92. The first kappa shape index (κ1) is 14.4. The van der Waals surface area contributed by atoms with Crippen LogP contribution in [0.3, 0.4) is 0 Å². The Balaban J connectivity index is 2.11. The van der Waals surface area contributed by atoms with Gasteiger partial charge in [0.15, 0.2) is 0 Å². The molecule has 0 atom stereocenters. The summed E-state index contributed by atoms with van der Waals surface area (Å²) >= 11 is 0. The van der Waals surface area contributed by atoms with Crippen LogP contribution < -0.4 is 11.0 Å². The first-order valence-electron chi connectivity index (χ1n) is 6.17. The fraction of sp³-hybridized carbons (Fsp3) is 0.143. The van der Waals surface area contributed by atoms with Gasteiger partial charge in [0.2, 0.25) is 5.91 Å². The molecule has 1 aromatic heterocycles. The molecule has 0 spiro atoms. The number of aromatic nitrogens is 2. The minimum atomic E-state index is -0.986. The highest BCUT2D eigenvalue weighted by atomic mass is 16.4. The Morgan fingerprint density at radius 3 is 2.71 bits per heavy atom. The molecule has 1 amide bonds. The zero-order chi connectivity index (χ0) is 15.2. The largest absolute Gasteiger partial charge is 0.481 e. The van der Waals surface area contributed by atoms with Crippen molar-refractivity contribution in [1.82, 2.24) is 9.55 Å². The Hall–Kier alpha value is -2.96. The normalized spacial score (nSPS) is 10.1. The lowest BCUT2D eigenvalue weighted by atomic mass is 10.1. The van der Waals surface area contributed by atoms with Crippen LogP contribution in [0.15, 0.2) is 47.5 Å². The predicted molar refractivity (Wildman–Crippen MR) is 74.9 cm³/mol. The summed E-state index contributed by atoms with van der Waals surface area (Å²) in [6, 6.07) is 8.17. The first-order chi connectivity index (χ1) is 10.1. The van der Waals surface area contributed by atoms with Gasteiger partial charge < -0.3 is 10.4 Å². The fourth-order valence-corrected chi connectivity index (χ4v) is 1.81. The van der Waals surface area contributed by atoms with Gasteiger partial charge in [-0.25, -0.2) is 9.78 Å². The molecule has 2 aromatic rings. The van der Waals surface area contributed by atoms with Gasteiger partial charge in [0, 0.05) is 18.1 Å². The van der Waals surface area contributed by atoms with Crippen molar-refractivity contribution in [3.8, 4) is 0 Å². The van der Waals surface area contributed by atoms with E-state index in [2.05, 4.69) is 10.3 Å². The summed E-state index contributed by atoms with van der Waals surface area (Å²) in [5, 5.41) is 11.4. The second-order valence-corrected chi connectivity index (χ2v) is 4.31. The van der Waals surface area contributed by atoms with Crippen molar-refractivity contribution in [3.05, 3.63) is 58.8 Å². The number of rotatable bonds is 5. The molecular formula is C14H13N3O4. The van der Waals surface area contributed by atoms with Crippen LogP contribution in [0.1, 0.15) is 5.56 Å². The molecular weight excluding hydrogens is 274 g/mol. The average Bonchev–Trinajstić information content (AvgIpc) is 2.43. The molecule has 0 saturated heterocycles. The number of anilines is 1. The lowest BCUT2D eigenvalue weighted by Crippen LogP contribution is -2.28. The summed E-state index contributed by atoms with van der Waals surface area (Å²) in [5.41, 5.74) is 0.394. The number of hydrogen-bond donors (Lipinski definition) is 2. The summed E-state index contributed by atoms with van der Waals surface area (Å²) in [6.07, 6.45) is 2.61. The molecule has 2 rings (SSSR count). The number of carboxylic acids is 1. The van der Waals surface area contributed by atoms with Crippen molar-refractivity contribution >= 4 is 17.6 Å². The third-order valence-corrected chi connectivity index (χ3v) is 2.73. The summed E-state index contributed by atoms with van der Waals surface area (Å²) in [7, 11) is 0.